The number of fused-ring (bicyclic) bond motifs is 1. The molecule has 0 radical (unpaired) electrons. The van der Waals surface area contributed by atoms with Gasteiger partial charge in [-0.1, -0.05) is 12.8 Å². The Bertz CT molecular complexity index is 1230. The molecule has 1 aromatic carbocycles. The van der Waals surface area contributed by atoms with E-state index >= 15 is 0 Å². The molecule has 11 heteroatoms. The molecule has 10 nitrogen and oxygen atoms in total. The summed E-state index contributed by atoms with van der Waals surface area (Å²) in [5.74, 6) is 1.02. The number of benzene rings is 1. The zero-order chi connectivity index (χ0) is 26.2. The maximum absolute atomic E-state index is 12.9. The first kappa shape index (κ1) is 25.6. The minimum atomic E-state index is -3.37. The van der Waals surface area contributed by atoms with E-state index in [0.29, 0.717) is 31.3 Å². The average molecular weight is 529 g/mol. The van der Waals surface area contributed by atoms with Crippen LogP contribution in [0.4, 0.5) is 27.9 Å². The molecule has 1 aliphatic carbocycles. The quantitative estimate of drug-likeness (QED) is 0.636. The van der Waals surface area contributed by atoms with E-state index in [2.05, 4.69) is 20.2 Å². The summed E-state index contributed by atoms with van der Waals surface area (Å²) in [6.45, 7) is 8.30. The normalized spacial score (nSPS) is 20.0. The molecular formula is C26H36N6O4S. The molecule has 1 aromatic heterocycles. The molecule has 1 saturated heterocycles. The molecule has 0 atom stereocenters. The van der Waals surface area contributed by atoms with Crippen molar-refractivity contribution in [2.24, 2.45) is 0 Å². The van der Waals surface area contributed by atoms with E-state index in [4.69, 9.17) is 4.74 Å². The van der Waals surface area contributed by atoms with Gasteiger partial charge in [0, 0.05) is 55.4 Å². The molecule has 2 fully saturated rings. The summed E-state index contributed by atoms with van der Waals surface area (Å²) in [7, 11) is -3.37. The molecule has 0 bridgehead atoms. The Kier molecular flexibility index (Phi) is 6.91. The van der Waals surface area contributed by atoms with Crippen molar-refractivity contribution in [3.63, 3.8) is 0 Å². The van der Waals surface area contributed by atoms with Crippen LogP contribution in [0.2, 0.25) is 0 Å². The van der Waals surface area contributed by atoms with E-state index in [1.165, 1.54) is 0 Å². The molecule has 5 rings (SSSR count). The van der Waals surface area contributed by atoms with Crippen LogP contribution in [0.15, 0.2) is 30.5 Å². The lowest BCUT2D eigenvalue weighted by atomic mass is 10.2. The fourth-order valence-electron chi connectivity index (χ4n) is 5.19. The summed E-state index contributed by atoms with van der Waals surface area (Å²) in [4.78, 5) is 25.4. The van der Waals surface area contributed by atoms with Crippen LogP contribution in [0.5, 0.6) is 0 Å². The van der Waals surface area contributed by atoms with E-state index in [1.54, 1.807) is 15.4 Å². The molecule has 37 heavy (non-hydrogen) atoms. The number of piperazine rings is 1. The molecule has 200 valence electrons. The van der Waals surface area contributed by atoms with Crippen molar-refractivity contribution < 1.29 is 17.9 Å². The molecular weight excluding hydrogens is 492 g/mol. The Morgan fingerprint density at radius 2 is 1.73 bits per heavy atom. The highest BCUT2D eigenvalue weighted by Crippen LogP contribution is 2.36. The highest BCUT2D eigenvalue weighted by Gasteiger charge is 2.38. The van der Waals surface area contributed by atoms with Gasteiger partial charge in [0.25, 0.3) is 0 Å². The Morgan fingerprint density at radius 3 is 2.38 bits per heavy atom. The first-order chi connectivity index (χ1) is 17.6. The molecule has 1 saturated carbocycles. The van der Waals surface area contributed by atoms with Gasteiger partial charge in [0.05, 0.1) is 5.75 Å². The number of anilines is 4. The molecule has 3 aliphatic rings. The van der Waals surface area contributed by atoms with Crippen LogP contribution in [0.25, 0.3) is 0 Å². The van der Waals surface area contributed by atoms with Gasteiger partial charge in [0.2, 0.25) is 16.0 Å². The maximum Gasteiger partial charge on any atom is 0.410 e. The average Bonchev–Trinajstić information content (AvgIpc) is 3.37. The third-order valence-electron chi connectivity index (χ3n) is 7.06. The fourth-order valence-corrected chi connectivity index (χ4v) is 6.95. The summed E-state index contributed by atoms with van der Waals surface area (Å²) < 4.78 is 32.9. The van der Waals surface area contributed by atoms with Gasteiger partial charge < -0.3 is 19.9 Å². The largest absolute Gasteiger partial charge is 0.444 e. The van der Waals surface area contributed by atoms with Gasteiger partial charge in [-0.25, -0.2) is 18.2 Å². The summed E-state index contributed by atoms with van der Waals surface area (Å²) in [5, 5.41) is 3.23. The first-order valence-corrected chi connectivity index (χ1v) is 14.7. The number of nitrogens with zero attached hydrogens (tertiary/aromatic N) is 5. The van der Waals surface area contributed by atoms with Crippen molar-refractivity contribution in [2.75, 3.05) is 46.5 Å². The van der Waals surface area contributed by atoms with E-state index in [0.717, 1.165) is 55.7 Å². The lowest BCUT2D eigenvalue weighted by Gasteiger charge is -2.36. The van der Waals surface area contributed by atoms with Crippen LogP contribution < -0.4 is 14.5 Å². The molecule has 1 amide bonds. The van der Waals surface area contributed by atoms with Crippen LogP contribution in [0.1, 0.15) is 52.0 Å². The zero-order valence-corrected chi connectivity index (χ0v) is 22.6. The minimum absolute atomic E-state index is 0.0122. The predicted molar refractivity (Wildman–Crippen MR) is 144 cm³/mol. The van der Waals surface area contributed by atoms with Gasteiger partial charge in [0.1, 0.15) is 5.60 Å². The topological polar surface area (TPSA) is 108 Å². The van der Waals surface area contributed by atoms with Gasteiger partial charge in [0.15, 0.2) is 5.82 Å². The monoisotopic (exact) mass is 528 g/mol. The van der Waals surface area contributed by atoms with Gasteiger partial charge in [-0.15, -0.1) is 0 Å². The molecule has 1 N–H and O–H groups in total. The van der Waals surface area contributed by atoms with E-state index in [1.807, 2.05) is 45.0 Å². The lowest BCUT2D eigenvalue weighted by Crippen LogP contribution is -2.50. The zero-order valence-electron chi connectivity index (χ0n) is 21.8. The summed E-state index contributed by atoms with van der Waals surface area (Å²) in [5.41, 5.74) is 2.27. The van der Waals surface area contributed by atoms with Gasteiger partial charge in [-0.3, -0.25) is 4.31 Å². The number of carbonyl (C=O) groups is 1. The second-order valence-electron chi connectivity index (χ2n) is 11.0. The first-order valence-electron chi connectivity index (χ1n) is 13.1. The number of aryl methyl sites for hydroxylation is 1. The fraction of sp³-hybridized carbons (Fsp3) is 0.577. The molecule has 3 heterocycles. The SMILES string of the molecule is CC(C)(C)OC(=O)N1CCN(c2ccc(Nc3ncc4c(n3)N(C3CCCC3)S(=O)(=O)CC4)cc2)CC1. The second kappa shape index (κ2) is 10.00. The Labute approximate surface area is 219 Å². The van der Waals surface area contributed by atoms with Gasteiger partial charge in [-0.2, -0.15) is 4.98 Å². The van der Waals surface area contributed by atoms with Crippen LogP contribution in [0.3, 0.4) is 0 Å². The third-order valence-corrected chi connectivity index (χ3v) is 8.85. The number of rotatable bonds is 4. The van der Waals surface area contributed by atoms with Crippen molar-refractivity contribution in [1.82, 2.24) is 14.9 Å². The number of nitrogens with one attached hydrogen (secondary N) is 1. The molecule has 2 aromatic rings. The van der Waals surface area contributed by atoms with Gasteiger partial charge in [-0.05, 0) is 64.3 Å². The predicted octanol–water partition coefficient (Wildman–Crippen LogP) is 3.91. The van der Waals surface area contributed by atoms with Crippen LogP contribution in [-0.2, 0) is 21.2 Å². The number of sulfonamides is 1. The molecule has 2 aliphatic heterocycles. The van der Waals surface area contributed by atoms with Crippen molar-refractivity contribution in [1.29, 1.82) is 0 Å². The third kappa shape index (κ3) is 5.76. The van der Waals surface area contributed by atoms with Crippen LogP contribution >= 0.6 is 0 Å². The van der Waals surface area contributed by atoms with Crippen molar-refractivity contribution in [3.05, 3.63) is 36.0 Å². The Morgan fingerprint density at radius 1 is 1.05 bits per heavy atom. The number of carbonyl (C=O) groups excluding carboxylic acids is 1. The maximum atomic E-state index is 12.9. The Balaban J connectivity index is 1.24. The number of ether oxygens (including phenoxy) is 1. The number of aromatic nitrogens is 2. The second-order valence-corrected chi connectivity index (χ2v) is 12.9. The van der Waals surface area contributed by atoms with E-state index in [9.17, 15) is 13.2 Å². The number of amides is 1. The van der Waals surface area contributed by atoms with Crippen molar-refractivity contribution in [2.45, 2.75) is 64.5 Å². The Hall–Kier alpha value is -3.08. The van der Waals surface area contributed by atoms with E-state index in [-0.39, 0.29) is 17.9 Å². The molecule has 0 spiro atoms. The molecule has 0 unspecified atom stereocenters. The summed E-state index contributed by atoms with van der Waals surface area (Å²) in [6.07, 6.45) is 5.76. The number of hydrogen-bond acceptors (Lipinski definition) is 8. The van der Waals surface area contributed by atoms with Gasteiger partial charge >= 0.3 is 6.09 Å². The lowest BCUT2D eigenvalue weighted by molar-refractivity contribution is 0.0240. The van der Waals surface area contributed by atoms with Crippen molar-refractivity contribution in [3.8, 4) is 0 Å². The van der Waals surface area contributed by atoms with E-state index < -0.39 is 15.6 Å². The minimum Gasteiger partial charge on any atom is -0.444 e. The summed E-state index contributed by atoms with van der Waals surface area (Å²) in [6, 6.07) is 7.97. The highest BCUT2D eigenvalue weighted by atomic mass is 32.2. The highest BCUT2D eigenvalue weighted by molar-refractivity contribution is 7.92. The smallest absolute Gasteiger partial charge is 0.410 e. The summed E-state index contributed by atoms with van der Waals surface area (Å²) >= 11 is 0. The standard InChI is InChI=1S/C26H36N6O4S/c1-26(2,3)36-25(33)31-15-13-30(14-16-31)21-10-8-20(9-11-21)28-24-27-18-19-12-17-37(34,35)32(23(19)29-24)22-6-4-5-7-22/h8-11,18,22H,4-7,12-17H2,1-3H3,(H,27,28,29). The van der Waals surface area contributed by atoms with Crippen LogP contribution in [-0.4, -0.2) is 73.0 Å². The van der Waals surface area contributed by atoms with Crippen LogP contribution in [0, 0.1) is 0 Å². The number of hydrogen-bond donors (Lipinski definition) is 1. The van der Waals surface area contributed by atoms with Crippen molar-refractivity contribution >= 4 is 39.3 Å².